The van der Waals surface area contributed by atoms with Gasteiger partial charge in [-0.1, -0.05) is 6.58 Å². The molecule has 0 rings (SSSR count). The van der Waals surface area contributed by atoms with Crippen molar-refractivity contribution in [2.75, 3.05) is 109 Å². The summed E-state index contributed by atoms with van der Waals surface area (Å²) in [6.07, 6.45) is 3.37. The van der Waals surface area contributed by atoms with Gasteiger partial charge in [-0.3, -0.25) is 0 Å². The molecule has 0 amide bonds. The number of nitrogens with two attached hydrogens (primary N) is 2. The molecule has 16 nitrogen and oxygen atoms in total. The summed E-state index contributed by atoms with van der Waals surface area (Å²) in [5.74, 6) is 0.463. The molecule has 0 aliphatic rings. The molecule has 0 aromatic heterocycles. The average molecular weight is 845 g/mol. The van der Waals surface area contributed by atoms with Gasteiger partial charge in [0.05, 0.1) is 6.61 Å². The molecule has 0 bridgehead atoms. The lowest BCUT2D eigenvalue weighted by Crippen LogP contribution is -2.46. The fraction of sp³-hybridized carbons (Fsp3) is 0.903. The lowest BCUT2D eigenvalue weighted by Gasteiger charge is -2.28. The van der Waals surface area contributed by atoms with Crippen molar-refractivity contribution in [3.63, 3.8) is 0 Å². The summed E-state index contributed by atoms with van der Waals surface area (Å²) >= 11 is 4.10. The third-order valence-electron chi connectivity index (χ3n) is 7.12. The number of esters is 1. The highest BCUT2D eigenvalue weighted by Gasteiger charge is 2.40. The van der Waals surface area contributed by atoms with E-state index in [4.69, 9.17) is 69.3 Å². The van der Waals surface area contributed by atoms with E-state index in [1.54, 1.807) is 70.9 Å². The molecule has 0 aliphatic heterocycles. The van der Waals surface area contributed by atoms with Crippen LogP contribution in [0.2, 0.25) is 24.2 Å². The molecule has 21 heteroatoms. The minimum absolute atomic E-state index is 0.316. The molecule has 0 saturated carbocycles. The summed E-state index contributed by atoms with van der Waals surface area (Å²) in [4.78, 5) is 11.1. The van der Waals surface area contributed by atoms with E-state index in [0.29, 0.717) is 57.6 Å². The predicted octanol–water partition coefficient (Wildman–Crippen LogP) is 4.16. The van der Waals surface area contributed by atoms with E-state index in [0.717, 1.165) is 43.1 Å². The monoisotopic (exact) mass is 844 g/mol. The van der Waals surface area contributed by atoms with Gasteiger partial charge in [0, 0.05) is 114 Å². The quantitative estimate of drug-likeness (QED) is 0.0320. The van der Waals surface area contributed by atoms with E-state index in [1.807, 2.05) is 20.8 Å². The molecule has 0 fully saturated rings. The average Bonchev–Trinajstić information content (AvgIpc) is 3.17. The standard InChI is InChI=1S/C10H20O5Si.C9H23NO3Si.C6H17NO3Si.C6H16O3SSi/c1-9(2)10(11)15-7-6-8-16(12-3,13-4)14-5;1-4-11-14(12-5-2,13-6-3)9-7-8-10;1-8-11(9-2,10-3)6-4-5-7;1-7-11(8-2,9-3)6-4-5-10/h1,6-8H2,2-5H3;4-10H2,1-3H3;4-7H2,1-3H3;10H,4-6H2,1-3H3. The van der Waals surface area contributed by atoms with Crippen LogP contribution in [0.1, 0.15) is 53.4 Å². The molecule has 0 spiro atoms. The van der Waals surface area contributed by atoms with Gasteiger partial charge in [-0.15, -0.1) is 0 Å². The van der Waals surface area contributed by atoms with Crippen molar-refractivity contribution in [3.05, 3.63) is 12.2 Å². The van der Waals surface area contributed by atoms with Crippen LogP contribution in [0, 0.1) is 0 Å². The molecule has 0 aromatic carbocycles. The summed E-state index contributed by atoms with van der Waals surface area (Å²) in [5, 5.41) is 0. The van der Waals surface area contributed by atoms with Gasteiger partial charge in [0.25, 0.3) is 0 Å². The zero-order chi connectivity index (χ0) is 41.0. The molecule has 0 atom stereocenters. The van der Waals surface area contributed by atoms with Gasteiger partial charge in [0.2, 0.25) is 0 Å². The van der Waals surface area contributed by atoms with E-state index in [9.17, 15) is 4.79 Å². The Balaban J connectivity index is -0.000000299. The molecule has 316 valence electrons. The summed E-state index contributed by atoms with van der Waals surface area (Å²) in [6.45, 7) is 14.5. The second-order valence-electron chi connectivity index (χ2n) is 10.5. The number of thiol groups is 1. The van der Waals surface area contributed by atoms with Crippen LogP contribution in [-0.2, 0) is 62.6 Å². The lowest BCUT2D eigenvalue weighted by atomic mass is 10.4. The number of rotatable bonds is 29. The summed E-state index contributed by atoms with van der Waals surface area (Å²) in [6, 6.07) is 3.05. The maximum absolute atomic E-state index is 11.1. The third-order valence-corrected chi connectivity index (χ3v) is 19.1. The fourth-order valence-corrected chi connectivity index (χ4v) is 12.4. The Hall–Kier alpha value is -0.132. The van der Waals surface area contributed by atoms with E-state index >= 15 is 0 Å². The first-order valence-electron chi connectivity index (χ1n) is 17.5. The molecule has 4 N–H and O–H groups in total. The maximum atomic E-state index is 11.1. The second kappa shape index (κ2) is 37.8. The number of carbonyl (C=O) groups excluding carboxylic acids is 1. The number of ether oxygens (including phenoxy) is 1. The molecule has 52 heavy (non-hydrogen) atoms. The van der Waals surface area contributed by atoms with Gasteiger partial charge in [-0.2, -0.15) is 12.6 Å². The first kappa shape index (κ1) is 58.6. The smallest absolute Gasteiger partial charge is 0.462 e. The molecular weight excluding hydrogens is 769 g/mol. The number of hydrogen-bond acceptors (Lipinski definition) is 17. The lowest BCUT2D eigenvalue weighted by molar-refractivity contribution is -0.139. The van der Waals surface area contributed by atoms with Crippen molar-refractivity contribution < 1.29 is 62.6 Å². The van der Waals surface area contributed by atoms with E-state index in [2.05, 4.69) is 19.2 Å². The molecule has 0 unspecified atom stereocenters. The minimum atomic E-state index is -2.53. The van der Waals surface area contributed by atoms with E-state index in [-0.39, 0.29) is 5.97 Å². The molecule has 0 aromatic rings. The van der Waals surface area contributed by atoms with Crippen LogP contribution >= 0.6 is 12.6 Å². The van der Waals surface area contributed by atoms with Crippen LogP contribution in [0.25, 0.3) is 0 Å². The number of carbonyl (C=O) groups is 1. The molecule has 0 aliphatic carbocycles. The SMILES string of the molecule is C=C(C)C(=O)OCCC[Si](OC)(OC)OC.CCO[Si](CCCN)(OCC)OCC.CO[Si](CCCN)(OC)OC.CO[Si](CCCS)(OC)OC. The molecule has 0 radical (unpaired) electrons. The van der Waals surface area contributed by atoms with Crippen LogP contribution in [0.5, 0.6) is 0 Å². The van der Waals surface area contributed by atoms with Crippen molar-refractivity contribution in [1.82, 2.24) is 0 Å². The van der Waals surface area contributed by atoms with Crippen LogP contribution < -0.4 is 11.5 Å². The molecular formula is C31H76N2O14SSi4. The predicted molar refractivity (Wildman–Crippen MR) is 216 cm³/mol. The van der Waals surface area contributed by atoms with Gasteiger partial charge in [0.1, 0.15) is 0 Å². The van der Waals surface area contributed by atoms with E-state index in [1.165, 1.54) is 0 Å². The highest BCUT2D eigenvalue weighted by molar-refractivity contribution is 7.80. The van der Waals surface area contributed by atoms with Crippen molar-refractivity contribution in [2.24, 2.45) is 11.5 Å². The highest BCUT2D eigenvalue weighted by Crippen LogP contribution is 2.18. The van der Waals surface area contributed by atoms with E-state index < -0.39 is 35.2 Å². The first-order valence-corrected chi connectivity index (χ1v) is 25.8. The van der Waals surface area contributed by atoms with Crippen molar-refractivity contribution in [3.8, 4) is 0 Å². The maximum Gasteiger partial charge on any atom is 0.500 e. The minimum Gasteiger partial charge on any atom is -0.462 e. The fourth-order valence-electron chi connectivity index (χ4n) is 4.18. The molecule has 0 heterocycles. The Morgan fingerprint density at radius 2 is 0.827 bits per heavy atom. The van der Waals surface area contributed by atoms with Crippen LogP contribution in [0.4, 0.5) is 0 Å². The Morgan fingerprint density at radius 3 is 1.08 bits per heavy atom. The largest absolute Gasteiger partial charge is 0.500 e. The van der Waals surface area contributed by atoms with Crippen molar-refractivity contribution >= 4 is 53.8 Å². The summed E-state index contributed by atoms with van der Waals surface area (Å²) in [7, 11) is 4.82. The first-order chi connectivity index (χ1) is 24.7. The Bertz CT molecular complexity index is 754. The van der Waals surface area contributed by atoms with Gasteiger partial charge in [-0.05, 0) is 72.2 Å². The Kier molecular flexibility index (Phi) is 42.5. The van der Waals surface area contributed by atoms with Crippen LogP contribution in [0.15, 0.2) is 12.2 Å². The Morgan fingerprint density at radius 1 is 0.538 bits per heavy atom. The topological polar surface area (TPSA) is 189 Å². The van der Waals surface area contributed by atoms with Gasteiger partial charge >= 0.3 is 41.2 Å². The van der Waals surface area contributed by atoms with Gasteiger partial charge in [0.15, 0.2) is 0 Å². The Labute approximate surface area is 325 Å². The third kappa shape index (κ3) is 27.4. The zero-order valence-corrected chi connectivity index (χ0v) is 39.5. The normalized spacial score (nSPS) is 11.8. The summed E-state index contributed by atoms with van der Waals surface area (Å²) in [5.41, 5.74) is 11.2. The van der Waals surface area contributed by atoms with Crippen molar-refractivity contribution in [2.45, 2.75) is 77.6 Å². The zero-order valence-electron chi connectivity index (χ0n) is 34.6. The van der Waals surface area contributed by atoms with Crippen LogP contribution in [0.3, 0.4) is 0 Å². The van der Waals surface area contributed by atoms with Gasteiger partial charge in [-0.25, -0.2) is 4.79 Å². The van der Waals surface area contributed by atoms with Gasteiger partial charge < -0.3 is 69.3 Å². The number of hydrogen-bond donors (Lipinski definition) is 3. The van der Waals surface area contributed by atoms with Crippen molar-refractivity contribution in [1.29, 1.82) is 0 Å². The summed E-state index contributed by atoms with van der Waals surface area (Å²) < 4.78 is 68.7. The second-order valence-corrected chi connectivity index (χ2v) is 23.0. The van der Waals surface area contributed by atoms with Crippen LogP contribution in [-0.4, -0.2) is 150 Å². The highest BCUT2D eigenvalue weighted by atomic mass is 32.1. The molecule has 0 saturated heterocycles.